The van der Waals surface area contributed by atoms with E-state index in [2.05, 4.69) is 47.9 Å². The van der Waals surface area contributed by atoms with Crippen LogP contribution in [0.4, 0.5) is 0 Å². The fourth-order valence-electron chi connectivity index (χ4n) is 4.69. The van der Waals surface area contributed by atoms with E-state index in [4.69, 9.17) is 4.98 Å². The molecule has 0 aliphatic carbocycles. The topological polar surface area (TPSA) is 54.7 Å². The van der Waals surface area contributed by atoms with Crippen molar-refractivity contribution in [2.75, 3.05) is 13.1 Å². The van der Waals surface area contributed by atoms with E-state index in [0.29, 0.717) is 18.4 Å². The number of pyridine rings is 1. The average Bonchev–Trinajstić information content (AvgIpc) is 3.51. The number of aromatic nitrogens is 2. The fraction of sp³-hybridized carbons (Fsp3) is 0.276. The van der Waals surface area contributed by atoms with E-state index < -0.39 is 0 Å². The van der Waals surface area contributed by atoms with Gasteiger partial charge in [0, 0.05) is 36.8 Å². The zero-order valence-corrected chi connectivity index (χ0v) is 19.8. The van der Waals surface area contributed by atoms with Crippen LogP contribution in [0.2, 0.25) is 0 Å². The average molecular weight is 452 g/mol. The third kappa shape index (κ3) is 4.38. The molecule has 34 heavy (non-hydrogen) atoms. The fourth-order valence-corrected chi connectivity index (χ4v) is 4.69. The summed E-state index contributed by atoms with van der Waals surface area (Å²) in [6.07, 6.45) is 5.40. The van der Waals surface area contributed by atoms with Gasteiger partial charge in [-0.05, 0) is 56.4 Å². The van der Waals surface area contributed by atoms with Crippen LogP contribution in [0.15, 0.2) is 66.9 Å². The molecule has 2 aromatic carbocycles. The van der Waals surface area contributed by atoms with Gasteiger partial charge in [-0.1, -0.05) is 54.1 Å². The third-order valence-corrected chi connectivity index (χ3v) is 6.70. The van der Waals surface area contributed by atoms with Gasteiger partial charge in [-0.2, -0.15) is 0 Å². The van der Waals surface area contributed by atoms with Crippen molar-refractivity contribution < 1.29 is 9.59 Å². The van der Waals surface area contributed by atoms with Crippen molar-refractivity contribution in [1.29, 1.82) is 0 Å². The number of nitrogens with zero attached hydrogens (tertiary/aromatic N) is 3. The Labute approximate surface area is 200 Å². The van der Waals surface area contributed by atoms with Crippen LogP contribution in [-0.4, -0.2) is 39.1 Å². The van der Waals surface area contributed by atoms with Gasteiger partial charge in [0.1, 0.15) is 5.65 Å². The number of carbonyl (C=O) groups is 2. The number of likely N-dealkylation sites (tertiary alicyclic amines) is 1. The van der Waals surface area contributed by atoms with Crippen LogP contribution in [0.3, 0.4) is 0 Å². The van der Waals surface area contributed by atoms with Crippen LogP contribution >= 0.6 is 0 Å². The quantitative estimate of drug-likeness (QED) is 0.352. The number of Topliss-reactive ketones (excluding diaryl/α,β-unsaturated/α-hetero) is 1. The van der Waals surface area contributed by atoms with Crippen LogP contribution < -0.4 is 0 Å². The molecule has 0 atom stereocenters. The standard InChI is InChI=1S/C29H29N3O2/c1-20-5-7-24(8-6-20)29-26(14-16-28(34)31-17-3-4-18-31)32-19-25(13-15-27(32)30-29)23-11-9-22(10-12-23)21(2)33/h5-13,15,19H,3-4,14,16-18H2,1-2H3. The first-order chi connectivity index (χ1) is 16.5. The molecular formula is C29H29N3O2. The van der Waals surface area contributed by atoms with Gasteiger partial charge in [-0.15, -0.1) is 0 Å². The molecule has 3 heterocycles. The first-order valence-electron chi connectivity index (χ1n) is 12.0. The van der Waals surface area contributed by atoms with Crippen molar-refractivity contribution in [2.45, 2.75) is 39.5 Å². The number of rotatable bonds is 6. The van der Waals surface area contributed by atoms with Crippen molar-refractivity contribution >= 4 is 17.3 Å². The lowest BCUT2D eigenvalue weighted by Gasteiger charge is -2.15. The second-order valence-electron chi connectivity index (χ2n) is 9.14. The van der Waals surface area contributed by atoms with Gasteiger partial charge in [0.15, 0.2) is 5.78 Å². The van der Waals surface area contributed by atoms with Crippen molar-refractivity contribution in [3.8, 4) is 22.4 Å². The van der Waals surface area contributed by atoms with Gasteiger partial charge in [0.25, 0.3) is 0 Å². The van der Waals surface area contributed by atoms with E-state index in [1.165, 1.54) is 5.56 Å². The first-order valence-corrected chi connectivity index (χ1v) is 12.0. The minimum absolute atomic E-state index is 0.0595. The maximum absolute atomic E-state index is 12.8. The van der Waals surface area contributed by atoms with E-state index >= 15 is 0 Å². The van der Waals surface area contributed by atoms with Gasteiger partial charge in [-0.25, -0.2) is 4.98 Å². The van der Waals surface area contributed by atoms with Gasteiger partial charge < -0.3 is 9.30 Å². The highest BCUT2D eigenvalue weighted by Gasteiger charge is 2.20. The summed E-state index contributed by atoms with van der Waals surface area (Å²) in [5, 5.41) is 0. The van der Waals surface area contributed by atoms with Crippen LogP contribution in [0.5, 0.6) is 0 Å². The van der Waals surface area contributed by atoms with Crippen molar-refractivity contribution in [2.24, 2.45) is 0 Å². The largest absolute Gasteiger partial charge is 0.343 e. The lowest BCUT2D eigenvalue weighted by molar-refractivity contribution is -0.130. The Bertz CT molecular complexity index is 1340. The molecule has 0 N–H and O–H groups in total. The van der Waals surface area contributed by atoms with Crippen molar-refractivity contribution in [3.63, 3.8) is 0 Å². The number of aryl methyl sites for hydroxylation is 2. The summed E-state index contributed by atoms with van der Waals surface area (Å²) in [6, 6.07) is 20.2. The van der Waals surface area contributed by atoms with E-state index in [9.17, 15) is 9.59 Å². The number of benzene rings is 2. The lowest BCUT2D eigenvalue weighted by Crippen LogP contribution is -2.27. The molecule has 0 spiro atoms. The second-order valence-corrected chi connectivity index (χ2v) is 9.14. The highest BCUT2D eigenvalue weighted by molar-refractivity contribution is 5.94. The predicted octanol–water partition coefficient (Wildman–Crippen LogP) is 5.73. The lowest BCUT2D eigenvalue weighted by atomic mass is 10.0. The molecule has 4 aromatic rings. The Morgan fingerprint density at radius 3 is 2.18 bits per heavy atom. The normalized spacial score (nSPS) is 13.5. The summed E-state index contributed by atoms with van der Waals surface area (Å²) in [4.78, 5) is 31.4. The molecule has 1 saturated heterocycles. The number of imidazole rings is 1. The number of hydrogen-bond donors (Lipinski definition) is 0. The van der Waals surface area contributed by atoms with Gasteiger partial charge in [-0.3, -0.25) is 9.59 Å². The minimum atomic E-state index is 0.0595. The summed E-state index contributed by atoms with van der Waals surface area (Å²) in [6.45, 7) is 5.40. The van der Waals surface area contributed by atoms with E-state index in [-0.39, 0.29) is 11.7 Å². The summed E-state index contributed by atoms with van der Waals surface area (Å²) in [5.41, 5.74) is 7.89. The van der Waals surface area contributed by atoms with Gasteiger partial charge in [0.2, 0.25) is 5.91 Å². The molecule has 172 valence electrons. The summed E-state index contributed by atoms with van der Waals surface area (Å²) in [7, 11) is 0. The molecule has 2 aromatic heterocycles. The van der Waals surface area contributed by atoms with Crippen molar-refractivity contribution in [3.05, 3.63) is 83.7 Å². The minimum Gasteiger partial charge on any atom is -0.343 e. The smallest absolute Gasteiger partial charge is 0.222 e. The Hall–Kier alpha value is -3.73. The van der Waals surface area contributed by atoms with Gasteiger partial charge >= 0.3 is 0 Å². The molecule has 0 radical (unpaired) electrons. The summed E-state index contributed by atoms with van der Waals surface area (Å²) in [5.74, 6) is 0.280. The third-order valence-electron chi connectivity index (χ3n) is 6.70. The number of carbonyl (C=O) groups excluding carboxylic acids is 2. The predicted molar refractivity (Wildman–Crippen MR) is 135 cm³/mol. The van der Waals surface area contributed by atoms with E-state index in [1.54, 1.807) is 6.92 Å². The summed E-state index contributed by atoms with van der Waals surface area (Å²) < 4.78 is 2.13. The number of ketones is 1. The van der Waals surface area contributed by atoms with E-state index in [0.717, 1.165) is 59.7 Å². The molecule has 0 bridgehead atoms. The first kappa shape index (κ1) is 22.1. The highest BCUT2D eigenvalue weighted by Crippen LogP contribution is 2.29. The Balaban J connectivity index is 1.54. The summed E-state index contributed by atoms with van der Waals surface area (Å²) >= 11 is 0. The van der Waals surface area contributed by atoms with E-state index in [1.807, 2.05) is 35.2 Å². The number of amides is 1. The maximum Gasteiger partial charge on any atom is 0.222 e. The maximum atomic E-state index is 12.8. The molecule has 1 aliphatic heterocycles. The molecule has 1 fully saturated rings. The monoisotopic (exact) mass is 451 g/mol. The molecule has 0 unspecified atom stereocenters. The SMILES string of the molecule is CC(=O)c1ccc(-c2ccc3nc(-c4ccc(C)cc4)c(CCC(=O)N4CCCC4)n3c2)cc1. The number of fused-ring (bicyclic) bond motifs is 1. The molecule has 1 aliphatic rings. The van der Waals surface area contributed by atoms with Crippen molar-refractivity contribution in [1.82, 2.24) is 14.3 Å². The zero-order chi connectivity index (χ0) is 23.7. The number of hydrogen-bond acceptors (Lipinski definition) is 3. The molecule has 5 heteroatoms. The zero-order valence-electron chi connectivity index (χ0n) is 19.8. The van der Waals surface area contributed by atoms with Crippen LogP contribution in [0.1, 0.15) is 47.8 Å². The van der Waals surface area contributed by atoms with Crippen LogP contribution in [-0.2, 0) is 11.2 Å². The molecule has 0 saturated carbocycles. The molecule has 5 nitrogen and oxygen atoms in total. The Morgan fingerprint density at radius 1 is 0.853 bits per heavy atom. The van der Waals surface area contributed by atoms with Crippen LogP contribution in [0.25, 0.3) is 28.0 Å². The molecule has 5 rings (SSSR count). The Morgan fingerprint density at radius 2 is 1.50 bits per heavy atom. The molecule has 1 amide bonds. The van der Waals surface area contributed by atoms with Gasteiger partial charge in [0.05, 0.1) is 11.4 Å². The second kappa shape index (κ2) is 9.26. The molecular weight excluding hydrogens is 422 g/mol. The highest BCUT2D eigenvalue weighted by atomic mass is 16.2. The van der Waals surface area contributed by atoms with Crippen LogP contribution in [0, 0.1) is 6.92 Å². The Kier molecular flexibility index (Phi) is 6.01.